The molecule has 0 heterocycles. The van der Waals surface area contributed by atoms with E-state index in [9.17, 15) is 4.79 Å². The van der Waals surface area contributed by atoms with Crippen molar-refractivity contribution in [2.24, 2.45) is 0 Å². The molecule has 0 aromatic carbocycles. The predicted molar refractivity (Wildman–Crippen MR) is 50.6 cm³/mol. The molecule has 0 rings (SSSR count). The second-order valence-corrected chi connectivity index (χ2v) is 2.94. The molecular formula is C8H18N2O4. The number of carboxylic acid groups (broad SMARTS) is 1. The molecule has 0 aliphatic rings. The summed E-state index contributed by atoms with van der Waals surface area (Å²) in [6.45, 7) is 3.02. The smallest absolute Gasteiger partial charge is 0.317 e. The highest BCUT2D eigenvalue weighted by atomic mass is 16.4. The van der Waals surface area contributed by atoms with Gasteiger partial charge in [0.1, 0.15) is 0 Å². The summed E-state index contributed by atoms with van der Waals surface area (Å²) in [5.74, 6) is -0.869. The van der Waals surface area contributed by atoms with Gasteiger partial charge in [-0.2, -0.15) is 0 Å². The molecule has 0 saturated carbocycles. The van der Waals surface area contributed by atoms with Crippen LogP contribution >= 0.6 is 0 Å². The number of aliphatic hydroxyl groups excluding tert-OH is 2. The van der Waals surface area contributed by atoms with Crippen LogP contribution in [0.15, 0.2) is 0 Å². The normalized spacial score (nSPS) is 11.2. The van der Waals surface area contributed by atoms with Crippen LogP contribution in [0.4, 0.5) is 0 Å². The summed E-state index contributed by atoms with van der Waals surface area (Å²) in [4.78, 5) is 13.5. The third-order valence-corrected chi connectivity index (χ3v) is 1.94. The van der Waals surface area contributed by atoms with Gasteiger partial charge in [-0.05, 0) is 6.54 Å². The minimum absolute atomic E-state index is 0.0127. The molecule has 0 bridgehead atoms. The Bertz CT molecular complexity index is 161. The maximum Gasteiger partial charge on any atom is 0.317 e. The lowest BCUT2D eigenvalue weighted by atomic mass is 10.4. The summed E-state index contributed by atoms with van der Waals surface area (Å²) in [5.41, 5.74) is 0. The van der Waals surface area contributed by atoms with Gasteiger partial charge in [-0.15, -0.1) is 0 Å². The van der Waals surface area contributed by atoms with E-state index in [2.05, 4.69) is 0 Å². The number of aliphatic carboxylic acids is 1. The maximum absolute atomic E-state index is 10.4. The average Bonchev–Trinajstić information content (AvgIpc) is 2.17. The highest BCUT2D eigenvalue weighted by Gasteiger charge is 2.09. The van der Waals surface area contributed by atoms with Gasteiger partial charge >= 0.3 is 5.97 Å². The fraction of sp³-hybridized carbons (Fsp3) is 0.875. The van der Waals surface area contributed by atoms with Gasteiger partial charge in [-0.25, -0.2) is 0 Å². The zero-order chi connectivity index (χ0) is 11.0. The topological polar surface area (TPSA) is 84.2 Å². The van der Waals surface area contributed by atoms with E-state index in [0.717, 1.165) is 0 Å². The van der Waals surface area contributed by atoms with Gasteiger partial charge in [0.25, 0.3) is 0 Å². The van der Waals surface area contributed by atoms with Crippen LogP contribution < -0.4 is 0 Å². The Morgan fingerprint density at radius 3 is 2.00 bits per heavy atom. The van der Waals surface area contributed by atoms with Crippen molar-refractivity contribution >= 4 is 5.97 Å². The highest BCUT2D eigenvalue weighted by molar-refractivity contribution is 5.69. The van der Waals surface area contributed by atoms with Crippen LogP contribution in [0.1, 0.15) is 6.92 Å². The van der Waals surface area contributed by atoms with Crippen molar-refractivity contribution in [1.82, 2.24) is 9.80 Å². The molecule has 0 radical (unpaired) electrons. The molecule has 6 nitrogen and oxygen atoms in total. The molecule has 0 amide bonds. The standard InChI is InChI=1S/C8H18N2O4/c1-2-9(5-8(13)14)3-4-10(6-11)7-12/h11-12H,2-7H2,1H3,(H,13,14). The third-order valence-electron chi connectivity index (χ3n) is 1.94. The highest BCUT2D eigenvalue weighted by Crippen LogP contribution is 1.90. The van der Waals surface area contributed by atoms with Crippen molar-refractivity contribution in [3.05, 3.63) is 0 Å². The molecule has 0 aliphatic heterocycles. The largest absolute Gasteiger partial charge is 0.480 e. The zero-order valence-electron chi connectivity index (χ0n) is 8.39. The van der Waals surface area contributed by atoms with Crippen molar-refractivity contribution < 1.29 is 20.1 Å². The number of hydrogen-bond acceptors (Lipinski definition) is 5. The third kappa shape index (κ3) is 5.87. The summed E-state index contributed by atoms with van der Waals surface area (Å²) >= 11 is 0. The lowest BCUT2D eigenvalue weighted by molar-refractivity contribution is -0.138. The Morgan fingerprint density at radius 2 is 1.64 bits per heavy atom. The van der Waals surface area contributed by atoms with Crippen molar-refractivity contribution in [3.63, 3.8) is 0 Å². The molecule has 6 heteroatoms. The summed E-state index contributed by atoms with van der Waals surface area (Å²) in [5, 5.41) is 26.0. The van der Waals surface area contributed by atoms with Crippen LogP contribution in [0.25, 0.3) is 0 Å². The molecule has 84 valence electrons. The van der Waals surface area contributed by atoms with E-state index in [4.69, 9.17) is 15.3 Å². The first-order valence-corrected chi connectivity index (χ1v) is 4.52. The van der Waals surface area contributed by atoms with Crippen LogP contribution in [-0.4, -0.2) is 70.7 Å². The minimum atomic E-state index is -0.869. The molecule has 0 atom stereocenters. The van der Waals surface area contributed by atoms with Crippen molar-refractivity contribution in [2.75, 3.05) is 39.6 Å². The number of carbonyl (C=O) groups is 1. The number of carboxylic acids is 1. The number of hydrogen-bond donors (Lipinski definition) is 3. The van der Waals surface area contributed by atoms with Crippen LogP contribution in [0, 0.1) is 0 Å². The Labute approximate surface area is 83.4 Å². The first-order valence-electron chi connectivity index (χ1n) is 4.52. The summed E-state index contributed by atoms with van der Waals surface area (Å²) < 4.78 is 0. The van der Waals surface area contributed by atoms with E-state index < -0.39 is 5.97 Å². The molecule has 0 aliphatic carbocycles. The molecular weight excluding hydrogens is 188 g/mol. The van der Waals surface area contributed by atoms with Gasteiger partial charge in [0.05, 0.1) is 20.0 Å². The molecule has 0 unspecified atom stereocenters. The van der Waals surface area contributed by atoms with Gasteiger partial charge < -0.3 is 15.3 Å². The van der Waals surface area contributed by atoms with E-state index in [1.54, 1.807) is 4.90 Å². The second kappa shape index (κ2) is 7.69. The predicted octanol–water partition coefficient (Wildman–Crippen LogP) is -1.41. The Kier molecular flexibility index (Phi) is 7.31. The van der Waals surface area contributed by atoms with E-state index >= 15 is 0 Å². The molecule has 0 spiro atoms. The first-order chi connectivity index (χ1) is 6.63. The van der Waals surface area contributed by atoms with E-state index in [1.165, 1.54) is 4.90 Å². The van der Waals surface area contributed by atoms with Crippen LogP contribution in [0.5, 0.6) is 0 Å². The van der Waals surface area contributed by atoms with E-state index in [-0.39, 0.29) is 20.0 Å². The lowest BCUT2D eigenvalue weighted by Crippen LogP contribution is -2.38. The minimum Gasteiger partial charge on any atom is -0.480 e. The molecule has 0 fully saturated rings. The quantitative estimate of drug-likeness (QED) is 0.423. The monoisotopic (exact) mass is 206 g/mol. The Balaban J connectivity index is 3.76. The Hall–Kier alpha value is -0.690. The fourth-order valence-electron chi connectivity index (χ4n) is 1.01. The molecule has 0 aromatic rings. The summed E-state index contributed by atoms with van der Waals surface area (Å²) in [6.07, 6.45) is 0. The summed E-state index contributed by atoms with van der Waals surface area (Å²) in [6, 6.07) is 0. The summed E-state index contributed by atoms with van der Waals surface area (Å²) in [7, 11) is 0. The molecule has 0 saturated heterocycles. The van der Waals surface area contributed by atoms with Crippen molar-refractivity contribution in [1.29, 1.82) is 0 Å². The van der Waals surface area contributed by atoms with Gasteiger partial charge in [0, 0.05) is 13.1 Å². The average molecular weight is 206 g/mol. The SMILES string of the molecule is CCN(CCN(CO)CO)CC(=O)O. The van der Waals surface area contributed by atoms with Crippen molar-refractivity contribution in [3.8, 4) is 0 Å². The fourth-order valence-corrected chi connectivity index (χ4v) is 1.01. The Morgan fingerprint density at radius 1 is 1.14 bits per heavy atom. The van der Waals surface area contributed by atoms with Gasteiger partial charge in [-0.1, -0.05) is 6.92 Å². The first kappa shape index (κ1) is 13.3. The number of nitrogens with zero attached hydrogens (tertiary/aromatic N) is 2. The van der Waals surface area contributed by atoms with Crippen LogP contribution in [0.2, 0.25) is 0 Å². The number of likely N-dealkylation sites (N-methyl/N-ethyl adjacent to an activating group) is 1. The zero-order valence-corrected chi connectivity index (χ0v) is 8.39. The van der Waals surface area contributed by atoms with Gasteiger partial charge in [0.15, 0.2) is 0 Å². The maximum atomic E-state index is 10.4. The van der Waals surface area contributed by atoms with Crippen molar-refractivity contribution in [2.45, 2.75) is 6.92 Å². The van der Waals surface area contributed by atoms with E-state index in [0.29, 0.717) is 19.6 Å². The molecule has 3 N–H and O–H groups in total. The number of aliphatic hydroxyl groups is 2. The van der Waals surface area contributed by atoms with E-state index in [1.807, 2.05) is 6.92 Å². The van der Waals surface area contributed by atoms with Gasteiger partial charge in [0.2, 0.25) is 0 Å². The van der Waals surface area contributed by atoms with Crippen LogP contribution in [0.3, 0.4) is 0 Å². The molecule has 14 heavy (non-hydrogen) atoms. The lowest BCUT2D eigenvalue weighted by Gasteiger charge is -2.22. The second-order valence-electron chi connectivity index (χ2n) is 2.94. The van der Waals surface area contributed by atoms with Crippen LogP contribution in [-0.2, 0) is 4.79 Å². The van der Waals surface area contributed by atoms with Gasteiger partial charge in [-0.3, -0.25) is 14.6 Å². The molecule has 0 aromatic heterocycles. The number of rotatable bonds is 8.